The molecule has 3 aromatic carbocycles. The number of fused-ring (bicyclic) bond motifs is 1. The second-order valence-corrected chi connectivity index (χ2v) is 8.29. The van der Waals surface area contributed by atoms with Crippen LogP contribution in [0.25, 0.3) is 10.9 Å². The van der Waals surface area contributed by atoms with Gasteiger partial charge in [-0.05, 0) is 77.6 Å². The van der Waals surface area contributed by atoms with Crippen molar-refractivity contribution in [1.29, 1.82) is 0 Å². The summed E-state index contributed by atoms with van der Waals surface area (Å²) in [5, 5.41) is 4.87. The van der Waals surface area contributed by atoms with Gasteiger partial charge in [0.05, 0.1) is 13.7 Å². The number of aryl methyl sites for hydroxylation is 1. The Morgan fingerprint density at radius 1 is 0.970 bits per heavy atom. The van der Waals surface area contributed by atoms with Gasteiger partial charge >= 0.3 is 0 Å². The minimum absolute atomic E-state index is 0.0999. The van der Waals surface area contributed by atoms with Crippen LogP contribution in [0.2, 0.25) is 0 Å². The van der Waals surface area contributed by atoms with E-state index in [2.05, 4.69) is 35.4 Å². The molecule has 5 nitrogen and oxygen atoms in total. The summed E-state index contributed by atoms with van der Waals surface area (Å²) in [7, 11) is 1.64. The van der Waals surface area contributed by atoms with E-state index in [0.29, 0.717) is 23.8 Å². The molecule has 0 amide bonds. The number of H-pyrrole nitrogens is 1. The smallest absolute Gasteiger partial charge is 0.253 e. The van der Waals surface area contributed by atoms with Crippen LogP contribution in [0.4, 0.5) is 5.69 Å². The Balaban J connectivity index is 1.63. The molecule has 4 aromatic rings. The highest BCUT2D eigenvalue weighted by Crippen LogP contribution is 2.19. The van der Waals surface area contributed by atoms with Crippen LogP contribution in [0.3, 0.4) is 0 Å². The number of nitrogens with zero attached hydrogens (tertiary/aromatic N) is 1. The summed E-state index contributed by atoms with van der Waals surface area (Å²) in [5.74, 6) is 0.779. The number of ether oxygens (including phenoxy) is 1. The number of hydrogen-bond donors (Lipinski definition) is 2. The first-order chi connectivity index (χ1) is 16.1. The van der Waals surface area contributed by atoms with Crippen LogP contribution < -0.4 is 15.6 Å². The second kappa shape index (κ2) is 10.3. The van der Waals surface area contributed by atoms with Crippen LogP contribution in [0.1, 0.15) is 23.6 Å². The van der Waals surface area contributed by atoms with Gasteiger partial charge in [0.25, 0.3) is 5.56 Å². The summed E-state index contributed by atoms with van der Waals surface area (Å²) >= 11 is 5.77. The van der Waals surface area contributed by atoms with Crippen LogP contribution in [0, 0.1) is 0 Å². The lowest BCUT2D eigenvalue weighted by molar-refractivity contribution is 0.411. The first-order valence-corrected chi connectivity index (χ1v) is 11.4. The number of aromatic nitrogens is 1. The summed E-state index contributed by atoms with van der Waals surface area (Å²) in [6, 6.07) is 25.8. The Labute approximate surface area is 199 Å². The maximum absolute atomic E-state index is 12.9. The SMILES string of the molecule is CCc1ccc2[nH]c(=O)c(CN(Cc3ccccc3)C(=S)Nc3ccc(OC)cc3)cc2c1. The molecule has 1 aromatic heterocycles. The summed E-state index contributed by atoms with van der Waals surface area (Å²) in [4.78, 5) is 17.9. The molecule has 4 rings (SSSR count). The third-order valence-corrected chi connectivity index (χ3v) is 5.96. The van der Waals surface area contributed by atoms with Crippen LogP contribution in [0.5, 0.6) is 5.75 Å². The molecule has 33 heavy (non-hydrogen) atoms. The third-order valence-electron chi connectivity index (χ3n) is 5.60. The average Bonchev–Trinajstić information content (AvgIpc) is 2.84. The number of benzene rings is 3. The van der Waals surface area contributed by atoms with Crippen LogP contribution in [0.15, 0.2) is 83.7 Å². The Morgan fingerprint density at radius 2 is 1.73 bits per heavy atom. The third kappa shape index (κ3) is 5.59. The van der Waals surface area contributed by atoms with E-state index in [-0.39, 0.29) is 5.56 Å². The molecule has 0 radical (unpaired) electrons. The molecule has 0 aliphatic heterocycles. The first-order valence-electron chi connectivity index (χ1n) is 10.9. The van der Waals surface area contributed by atoms with Crippen molar-refractivity contribution >= 4 is 33.9 Å². The Morgan fingerprint density at radius 3 is 2.42 bits per heavy atom. The Hall–Kier alpha value is -3.64. The van der Waals surface area contributed by atoms with Crippen molar-refractivity contribution in [1.82, 2.24) is 9.88 Å². The fourth-order valence-corrected chi connectivity index (χ4v) is 3.97. The van der Waals surface area contributed by atoms with E-state index >= 15 is 0 Å². The van der Waals surface area contributed by atoms with Crippen molar-refractivity contribution in [2.24, 2.45) is 0 Å². The van der Waals surface area contributed by atoms with E-state index in [1.165, 1.54) is 5.56 Å². The van der Waals surface area contributed by atoms with Crippen molar-refractivity contribution in [3.05, 3.63) is 106 Å². The van der Waals surface area contributed by atoms with Gasteiger partial charge in [-0.3, -0.25) is 4.79 Å². The Kier molecular flexibility index (Phi) is 7.05. The monoisotopic (exact) mass is 457 g/mol. The largest absolute Gasteiger partial charge is 0.497 e. The molecule has 2 N–H and O–H groups in total. The highest BCUT2D eigenvalue weighted by atomic mass is 32.1. The van der Waals surface area contributed by atoms with Crippen LogP contribution >= 0.6 is 12.2 Å². The Bertz CT molecular complexity index is 1300. The average molecular weight is 458 g/mol. The number of thiocarbonyl (C=S) groups is 1. The fourth-order valence-electron chi connectivity index (χ4n) is 3.72. The molecule has 0 spiro atoms. The van der Waals surface area contributed by atoms with E-state index in [0.717, 1.165) is 34.3 Å². The molecule has 0 atom stereocenters. The zero-order valence-electron chi connectivity index (χ0n) is 18.8. The van der Waals surface area contributed by atoms with Crippen molar-refractivity contribution in [3.8, 4) is 5.75 Å². The highest BCUT2D eigenvalue weighted by molar-refractivity contribution is 7.80. The number of aromatic amines is 1. The standard InChI is InChI=1S/C27H27N3O2S/c1-3-19-9-14-25-21(15-19)16-22(26(31)29-25)18-30(17-20-7-5-4-6-8-20)27(33)28-23-10-12-24(32-2)13-11-23/h4-16H,3,17-18H2,1-2H3,(H,28,33)(H,29,31). The van der Waals surface area contributed by atoms with Gasteiger partial charge < -0.3 is 19.9 Å². The predicted molar refractivity (Wildman–Crippen MR) is 139 cm³/mol. The van der Waals surface area contributed by atoms with Crippen molar-refractivity contribution < 1.29 is 4.74 Å². The van der Waals surface area contributed by atoms with Gasteiger partial charge in [0, 0.05) is 23.3 Å². The maximum atomic E-state index is 12.9. The van der Waals surface area contributed by atoms with Gasteiger partial charge in [0.1, 0.15) is 5.75 Å². The number of hydrogen-bond acceptors (Lipinski definition) is 3. The molecule has 0 saturated carbocycles. The van der Waals surface area contributed by atoms with Gasteiger partial charge in [-0.1, -0.05) is 43.3 Å². The van der Waals surface area contributed by atoms with E-state index in [1.54, 1.807) is 7.11 Å². The maximum Gasteiger partial charge on any atom is 0.253 e. The zero-order valence-corrected chi connectivity index (χ0v) is 19.6. The van der Waals surface area contributed by atoms with Gasteiger partial charge in [0.15, 0.2) is 5.11 Å². The van der Waals surface area contributed by atoms with E-state index < -0.39 is 0 Å². The molecule has 0 bridgehead atoms. The first kappa shape index (κ1) is 22.6. The predicted octanol–water partition coefficient (Wildman–Crippen LogP) is 5.50. The lowest BCUT2D eigenvalue weighted by Crippen LogP contribution is -2.35. The zero-order chi connectivity index (χ0) is 23.2. The van der Waals surface area contributed by atoms with Crippen molar-refractivity contribution in [2.45, 2.75) is 26.4 Å². The summed E-state index contributed by atoms with van der Waals surface area (Å²) in [6.45, 7) is 3.09. The number of rotatable bonds is 7. The molecular formula is C27H27N3O2S. The van der Waals surface area contributed by atoms with Crippen LogP contribution in [-0.4, -0.2) is 22.1 Å². The van der Waals surface area contributed by atoms with Gasteiger partial charge in [-0.25, -0.2) is 0 Å². The molecular weight excluding hydrogens is 430 g/mol. The van der Waals surface area contributed by atoms with Crippen LogP contribution in [-0.2, 0) is 19.5 Å². The lowest BCUT2D eigenvalue weighted by atomic mass is 10.1. The molecule has 0 fully saturated rings. The highest BCUT2D eigenvalue weighted by Gasteiger charge is 2.15. The van der Waals surface area contributed by atoms with Gasteiger partial charge in [0.2, 0.25) is 0 Å². The topological polar surface area (TPSA) is 57.4 Å². The van der Waals surface area contributed by atoms with E-state index in [1.807, 2.05) is 65.6 Å². The molecule has 1 heterocycles. The second-order valence-electron chi connectivity index (χ2n) is 7.90. The van der Waals surface area contributed by atoms with Crippen molar-refractivity contribution in [2.75, 3.05) is 12.4 Å². The molecule has 0 unspecified atom stereocenters. The molecule has 0 aliphatic carbocycles. The molecule has 0 saturated heterocycles. The number of pyridine rings is 1. The quantitative estimate of drug-likeness (QED) is 0.359. The molecule has 168 valence electrons. The van der Waals surface area contributed by atoms with Crippen molar-refractivity contribution in [3.63, 3.8) is 0 Å². The summed E-state index contributed by atoms with van der Waals surface area (Å²) in [6.07, 6.45) is 0.945. The summed E-state index contributed by atoms with van der Waals surface area (Å²) < 4.78 is 5.24. The van der Waals surface area contributed by atoms with Gasteiger partial charge in [-0.15, -0.1) is 0 Å². The fraction of sp³-hybridized carbons (Fsp3) is 0.185. The summed E-state index contributed by atoms with van der Waals surface area (Å²) in [5.41, 5.74) is 4.62. The number of nitrogens with one attached hydrogen (secondary N) is 2. The number of anilines is 1. The minimum Gasteiger partial charge on any atom is -0.497 e. The molecule has 0 aliphatic rings. The minimum atomic E-state index is -0.0999. The van der Waals surface area contributed by atoms with E-state index in [9.17, 15) is 4.79 Å². The molecule has 6 heteroatoms. The lowest BCUT2D eigenvalue weighted by Gasteiger charge is -2.26. The van der Waals surface area contributed by atoms with E-state index in [4.69, 9.17) is 17.0 Å². The van der Waals surface area contributed by atoms with Gasteiger partial charge in [-0.2, -0.15) is 0 Å². The number of methoxy groups -OCH3 is 1. The normalized spacial score (nSPS) is 10.7.